The second-order valence-electron chi connectivity index (χ2n) is 0. The van der Waals surface area contributed by atoms with Crippen LogP contribution in [0.3, 0.4) is 0 Å². The van der Waals surface area contributed by atoms with Crippen molar-refractivity contribution in [1.82, 2.24) is 0 Å². The van der Waals surface area contributed by atoms with E-state index in [9.17, 15) is 0 Å². The van der Waals surface area contributed by atoms with Gasteiger partial charge in [0.15, 0.2) is 0 Å². The Kier molecular flexibility index (Phi) is 100. The van der Waals surface area contributed by atoms with Gasteiger partial charge in [0.1, 0.15) is 0 Å². The zero-order valence-electron chi connectivity index (χ0n) is 1.52. The summed E-state index contributed by atoms with van der Waals surface area (Å²) in [6.07, 6.45) is 0. The predicted octanol–water partition coefficient (Wildman–Crippen LogP) is -1.69. The maximum atomic E-state index is 8.28. The van der Waals surface area contributed by atoms with Gasteiger partial charge in [-0.15, -0.1) is 0 Å². The zero-order chi connectivity index (χ0) is 2.00. The average molecular weight is 122 g/mol. The van der Waals surface area contributed by atoms with Gasteiger partial charge in [-0.25, -0.2) is 0 Å². The molecule has 0 bridgehead atoms. The fraction of sp³-hybridized carbons (Fsp3) is 0. The van der Waals surface area contributed by atoms with Gasteiger partial charge in [-0.1, -0.05) is 0 Å². The molecular formula is H3AlCrMgO. The van der Waals surface area contributed by atoms with Gasteiger partial charge in [-0.3, -0.25) is 0 Å². The van der Waals surface area contributed by atoms with Gasteiger partial charge in [-0.2, -0.15) is 0 Å². The number of rotatable bonds is 0. The molecule has 0 heterocycles. The molecule has 0 spiro atoms. The minimum absolute atomic E-state index is 0. The fourth-order valence-corrected chi connectivity index (χ4v) is 0. The Labute approximate surface area is 60.1 Å². The second kappa shape index (κ2) is 23.0. The van der Waals surface area contributed by atoms with Gasteiger partial charge in [0.05, 0.1) is 0 Å². The molecule has 0 unspecified atom stereocenters. The molecule has 0 fully saturated rings. The molecule has 0 aliphatic rings. The first-order chi connectivity index (χ1) is 1.00. The summed E-state index contributed by atoms with van der Waals surface area (Å²) < 4.78 is 8.28. The Morgan fingerprint density at radius 3 is 1.25 bits per heavy atom. The summed E-state index contributed by atoms with van der Waals surface area (Å²) in [7, 11) is 0. The van der Waals surface area contributed by atoms with E-state index in [4.69, 9.17) is 3.80 Å². The van der Waals surface area contributed by atoms with Crippen molar-refractivity contribution in [3.05, 3.63) is 0 Å². The van der Waals surface area contributed by atoms with Crippen LogP contribution < -0.4 is 0 Å². The Morgan fingerprint density at radius 1 is 1.25 bits per heavy atom. The van der Waals surface area contributed by atoms with Crippen molar-refractivity contribution in [3.8, 4) is 0 Å². The topological polar surface area (TPSA) is 17.1 Å². The summed E-state index contributed by atoms with van der Waals surface area (Å²) in [6, 6.07) is 0. The molecule has 0 radical (unpaired) electrons. The Bertz CT molecular complexity index is 8.00. The summed E-state index contributed by atoms with van der Waals surface area (Å²) in [6.45, 7) is 0. The van der Waals surface area contributed by atoms with Crippen molar-refractivity contribution in [2.45, 2.75) is 0 Å². The van der Waals surface area contributed by atoms with Crippen molar-refractivity contribution in [2.24, 2.45) is 0 Å². The molecule has 0 saturated carbocycles. The zero-order valence-corrected chi connectivity index (χ0v) is 4.21. The molecule has 0 aromatic heterocycles. The van der Waals surface area contributed by atoms with Gasteiger partial charge >= 0.3 is 43.1 Å². The van der Waals surface area contributed by atoms with Crippen molar-refractivity contribution >= 4 is 39.3 Å². The Balaban J connectivity index is -0.00000000500. The number of hydrogen-bond donors (Lipinski definition) is 0. The number of hydrogen-bond acceptors (Lipinski definition) is 1. The first kappa shape index (κ1) is 17.4. The van der Waals surface area contributed by atoms with Gasteiger partial charge in [-0.05, 0) is 0 Å². The van der Waals surface area contributed by atoms with Crippen LogP contribution in [0.15, 0.2) is 0 Å². The van der Waals surface area contributed by atoms with Crippen LogP contribution in [0, 0.1) is 0 Å². The molecule has 20 valence electrons. The SMILES string of the molecule is [Cr].[MgH2].[O]=[AlH]. The molecule has 4 heavy (non-hydrogen) atoms. The molecule has 0 aromatic carbocycles. The van der Waals surface area contributed by atoms with Crippen molar-refractivity contribution < 1.29 is 21.2 Å². The quantitative estimate of drug-likeness (QED) is 0.351. The monoisotopic (exact) mass is 122 g/mol. The molecule has 0 saturated heterocycles. The molecule has 0 aliphatic heterocycles. The van der Waals surface area contributed by atoms with Crippen LogP contribution in [0.2, 0.25) is 0 Å². The molecule has 0 rings (SSSR count). The van der Waals surface area contributed by atoms with E-state index >= 15 is 0 Å². The Hall–Kier alpha value is 1.63. The standard InChI is InChI=1S/Al.Cr.Mg.O.3H. The van der Waals surface area contributed by atoms with E-state index in [1.165, 1.54) is 0 Å². The molecule has 0 N–H and O–H groups in total. The van der Waals surface area contributed by atoms with Gasteiger partial charge in [0.25, 0.3) is 0 Å². The molecule has 4 heteroatoms. The van der Waals surface area contributed by atoms with E-state index in [0.29, 0.717) is 16.2 Å². The third-order valence-corrected chi connectivity index (χ3v) is 0. The molecular weight excluding hydrogens is 119 g/mol. The molecule has 0 aromatic rings. The van der Waals surface area contributed by atoms with Crippen LogP contribution in [-0.4, -0.2) is 39.3 Å². The third kappa shape index (κ3) is 9.45. The summed E-state index contributed by atoms with van der Waals surface area (Å²) in [5.74, 6) is 0. The molecule has 0 atom stereocenters. The van der Waals surface area contributed by atoms with Crippen LogP contribution >= 0.6 is 0 Å². The van der Waals surface area contributed by atoms with E-state index in [0.717, 1.165) is 0 Å². The van der Waals surface area contributed by atoms with E-state index < -0.39 is 0 Å². The predicted molar refractivity (Wildman–Crippen MR) is 16.4 cm³/mol. The third-order valence-electron chi connectivity index (χ3n) is 0. The maximum absolute atomic E-state index is 8.28. The molecule has 1 nitrogen and oxygen atoms in total. The fourth-order valence-electron chi connectivity index (χ4n) is 0. The first-order valence-electron chi connectivity index (χ1n) is 0.289. The Morgan fingerprint density at radius 2 is 1.25 bits per heavy atom. The normalized spacial score (nSPS) is 0.750. The van der Waals surface area contributed by atoms with Crippen LogP contribution in [0.5, 0.6) is 0 Å². The summed E-state index contributed by atoms with van der Waals surface area (Å²) in [4.78, 5) is 0. The van der Waals surface area contributed by atoms with Gasteiger partial charge in [0, 0.05) is 17.4 Å². The van der Waals surface area contributed by atoms with E-state index in [1.807, 2.05) is 0 Å². The van der Waals surface area contributed by atoms with E-state index in [-0.39, 0.29) is 40.4 Å². The second-order valence-corrected chi connectivity index (χ2v) is 0. The minimum atomic E-state index is 0. The van der Waals surface area contributed by atoms with E-state index in [1.54, 1.807) is 0 Å². The van der Waals surface area contributed by atoms with Crippen LogP contribution in [-0.2, 0) is 21.2 Å². The van der Waals surface area contributed by atoms with Gasteiger partial charge < -0.3 is 0 Å². The van der Waals surface area contributed by atoms with Gasteiger partial charge in [0.2, 0.25) is 0 Å². The van der Waals surface area contributed by atoms with E-state index in [2.05, 4.69) is 0 Å². The molecule has 0 amide bonds. The first-order valence-corrected chi connectivity index (χ1v) is 0.866. The summed E-state index contributed by atoms with van der Waals surface area (Å²) in [5.41, 5.74) is 0. The summed E-state index contributed by atoms with van der Waals surface area (Å²) >= 11 is 0.611. The van der Waals surface area contributed by atoms with Crippen LogP contribution in [0.1, 0.15) is 0 Å². The summed E-state index contributed by atoms with van der Waals surface area (Å²) in [5, 5.41) is 0. The van der Waals surface area contributed by atoms with Crippen LogP contribution in [0.25, 0.3) is 0 Å². The van der Waals surface area contributed by atoms with Crippen LogP contribution in [0.4, 0.5) is 0 Å². The van der Waals surface area contributed by atoms with Crippen molar-refractivity contribution in [2.75, 3.05) is 0 Å². The van der Waals surface area contributed by atoms with Crippen molar-refractivity contribution in [3.63, 3.8) is 0 Å². The van der Waals surface area contributed by atoms with Crippen molar-refractivity contribution in [1.29, 1.82) is 0 Å². The average Bonchev–Trinajstić information content (AvgIpc) is 1.00. The molecule has 0 aliphatic carbocycles.